The molecular weight excluding hydrogens is 637 g/mol. The molecule has 3 aromatic heterocycles. The maximum absolute atomic E-state index is 13.3. The number of benzene rings is 2. The van der Waals surface area contributed by atoms with E-state index in [4.69, 9.17) is 32.9 Å². The van der Waals surface area contributed by atoms with Crippen LogP contribution in [0.2, 0.25) is 10.0 Å². The van der Waals surface area contributed by atoms with Crippen LogP contribution in [-0.2, 0) is 13.1 Å². The van der Waals surface area contributed by atoms with Crippen LogP contribution in [0.3, 0.4) is 0 Å². The number of rotatable bonds is 8. The van der Waals surface area contributed by atoms with Gasteiger partial charge in [0.1, 0.15) is 5.65 Å². The maximum atomic E-state index is 13.3. The molecule has 5 heterocycles. The summed E-state index contributed by atoms with van der Waals surface area (Å²) >= 11 is 14.2. The van der Waals surface area contributed by atoms with Crippen LogP contribution in [0.25, 0.3) is 39.2 Å². The van der Waals surface area contributed by atoms with Crippen LogP contribution in [0, 0.1) is 0 Å². The van der Waals surface area contributed by atoms with Crippen LogP contribution in [0.1, 0.15) is 24.0 Å². The maximum Gasteiger partial charge on any atom is 0.262 e. The van der Waals surface area contributed by atoms with E-state index in [9.17, 15) is 15.0 Å². The molecule has 0 saturated carbocycles. The molecule has 0 radical (unpaired) electrons. The minimum Gasteiger partial charge on any atom is -0.481 e. The van der Waals surface area contributed by atoms with Crippen molar-refractivity contribution < 1.29 is 14.9 Å². The van der Waals surface area contributed by atoms with Crippen molar-refractivity contribution in [3.8, 4) is 39.4 Å². The highest BCUT2D eigenvalue weighted by molar-refractivity contribution is 6.39. The summed E-state index contributed by atoms with van der Waals surface area (Å²) < 4.78 is 7.21. The minimum absolute atomic E-state index is 0.125. The number of likely N-dealkylation sites (tertiary alicyclic amines) is 2. The van der Waals surface area contributed by atoms with E-state index >= 15 is 0 Å². The van der Waals surface area contributed by atoms with Crippen molar-refractivity contribution in [3.05, 3.63) is 105 Å². The van der Waals surface area contributed by atoms with Gasteiger partial charge in [-0.25, -0.2) is 9.97 Å². The molecule has 0 unspecified atom stereocenters. The van der Waals surface area contributed by atoms with Gasteiger partial charge in [-0.1, -0.05) is 65.7 Å². The molecule has 0 amide bonds. The number of aliphatic hydroxyl groups excluding tert-OH is 2. The first-order valence-electron chi connectivity index (χ1n) is 15.7. The number of hydrogen-bond donors (Lipinski definition) is 2. The molecule has 0 aliphatic carbocycles. The van der Waals surface area contributed by atoms with E-state index in [2.05, 4.69) is 14.8 Å². The quantitative estimate of drug-likeness (QED) is 0.222. The van der Waals surface area contributed by atoms with Gasteiger partial charge in [-0.3, -0.25) is 19.0 Å². The summed E-state index contributed by atoms with van der Waals surface area (Å²) in [5.74, 6) is 0.524. The fourth-order valence-corrected chi connectivity index (χ4v) is 7.26. The van der Waals surface area contributed by atoms with Crippen LogP contribution in [0.4, 0.5) is 0 Å². The van der Waals surface area contributed by atoms with Crippen LogP contribution in [0.5, 0.6) is 5.88 Å². The third-order valence-electron chi connectivity index (χ3n) is 9.07. The molecule has 47 heavy (non-hydrogen) atoms. The van der Waals surface area contributed by atoms with E-state index in [-0.39, 0.29) is 17.8 Å². The number of pyridine rings is 2. The lowest BCUT2D eigenvalue weighted by Crippen LogP contribution is -2.27. The van der Waals surface area contributed by atoms with Gasteiger partial charge in [0.05, 0.1) is 40.6 Å². The molecule has 2 saturated heterocycles. The number of β-amino-alcohol motifs (C(OH)–C–C–N with tert-alkyl or cyclic N) is 2. The first-order valence-corrected chi connectivity index (χ1v) is 16.5. The van der Waals surface area contributed by atoms with Crippen molar-refractivity contribution in [2.45, 2.75) is 38.1 Å². The van der Waals surface area contributed by atoms with Gasteiger partial charge in [0.25, 0.3) is 5.56 Å². The molecule has 7 rings (SSSR count). The van der Waals surface area contributed by atoms with E-state index in [0.717, 1.165) is 52.9 Å². The van der Waals surface area contributed by atoms with Crippen molar-refractivity contribution in [1.82, 2.24) is 24.2 Å². The Morgan fingerprint density at radius 1 is 0.830 bits per heavy atom. The number of hydrogen-bond acceptors (Lipinski definition) is 8. The van der Waals surface area contributed by atoms with Crippen molar-refractivity contribution >= 4 is 28.8 Å². The molecule has 2 atom stereocenters. The van der Waals surface area contributed by atoms with Gasteiger partial charge in [-0.05, 0) is 36.6 Å². The van der Waals surface area contributed by atoms with Crippen LogP contribution < -0.4 is 10.3 Å². The Hall–Kier alpha value is -3.83. The van der Waals surface area contributed by atoms with Gasteiger partial charge in [-0.15, -0.1) is 0 Å². The first kappa shape index (κ1) is 31.8. The SMILES string of the molecule is COc1nc(-c2cccc(-c3cccc(-c4ccn5c(=O)c(CN6CC[C@@H](O)C6)cnc5c4)c3Cl)c2Cl)ccc1CN1CC[C@H](O)C1. The molecule has 9 nitrogen and oxygen atoms in total. The number of ether oxygens (including phenoxy) is 1. The van der Waals surface area contributed by atoms with E-state index in [1.807, 2.05) is 60.7 Å². The molecule has 2 fully saturated rings. The summed E-state index contributed by atoms with van der Waals surface area (Å²) in [5.41, 5.74) is 6.49. The highest BCUT2D eigenvalue weighted by atomic mass is 35.5. The number of halogens is 2. The lowest BCUT2D eigenvalue weighted by Gasteiger charge is -2.18. The molecular formula is C36H35Cl2N5O4. The first-order chi connectivity index (χ1) is 22.8. The Morgan fingerprint density at radius 3 is 2.09 bits per heavy atom. The van der Waals surface area contributed by atoms with Crippen molar-refractivity contribution in [2.75, 3.05) is 33.3 Å². The van der Waals surface area contributed by atoms with Gasteiger partial charge in [-0.2, -0.15) is 0 Å². The van der Waals surface area contributed by atoms with Gasteiger partial charge >= 0.3 is 0 Å². The molecule has 242 valence electrons. The van der Waals surface area contributed by atoms with E-state index in [1.165, 1.54) is 0 Å². The zero-order valence-electron chi connectivity index (χ0n) is 25.9. The average molecular weight is 673 g/mol. The number of aromatic nitrogens is 3. The summed E-state index contributed by atoms with van der Waals surface area (Å²) in [6.45, 7) is 3.89. The Bertz CT molecular complexity index is 2020. The van der Waals surface area contributed by atoms with E-state index in [0.29, 0.717) is 65.4 Å². The molecule has 11 heteroatoms. The summed E-state index contributed by atoms with van der Waals surface area (Å²) in [7, 11) is 1.61. The molecule has 0 spiro atoms. The second kappa shape index (κ2) is 13.4. The third-order valence-corrected chi connectivity index (χ3v) is 9.89. The molecule has 2 aliphatic rings. The Morgan fingerprint density at radius 2 is 1.45 bits per heavy atom. The molecule has 5 aromatic rings. The number of methoxy groups -OCH3 is 1. The standard InChI is InChI=1S/C36H35Cl2N5O4/c1-47-35-23(18-41-13-11-25(44)20-41)8-9-31(40-35)30-7-3-6-29(34(30)38)28-5-2-4-27(33(28)37)22-10-15-43-32(16-22)39-17-24(36(43)46)19-42-14-12-26(45)21-42/h2-10,15-17,25-26,44-45H,11-14,18-21H2,1H3/t25-,26+/m0/s1. The van der Waals surface area contributed by atoms with Gasteiger partial charge in [0.15, 0.2) is 0 Å². The summed E-state index contributed by atoms with van der Waals surface area (Å²) in [4.78, 5) is 26.9. The summed E-state index contributed by atoms with van der Waals surface area (Å²) in [6.07, 6.45) is 4.20. The fourth-order valence-electron chi connectivity index (χ4n) is 6.60. The lowest BCUT2D eigenvalue weighted by atomic mass is 9.97. The largest absolute Gasteiger partial charge is 0.481 e. The number of fused-ring (bicyclic) bond motifs is 1. The molecule has 2 aliphatic heterocycles. The monoisotopic (exact) mass is 671 g/mol. The highest BCUT2D eigenvalue weighted by Crippen LogP contribution is 2.42. The van der Waals surface area contributed by atoms with Crippen molar-refractivity contribution in [3.63, 3.8) is 0 Å². The lowest BCUT2D eigenvalue weighted by molar-refractivity contribution is 0.174. The van der Waals surface area contributed by atoms with Gasteiger partial charge < -0.3 is 14.9 Å². The highest BCUT2D eigenvalue weighted by Gasteiger charge is 2.23. The Kier molecular flexibility index (Phi) is 9.02. The molecule has 2 N–H and O–H groups in total. The normalized spacial score (nSPS) is 18.7. The zero-order chi connectivity index (χ0) is 32.7. The van der Waals surface area contributed by atoms with Crippen molar-refractivity contribution in [2.24, 2.45) is 0 Å². The zero-order valence-corrected chi connectivity index (χ0v) is 27.5. The number of nitrogens with zero attached hydrogens (tertiary/aromatic N) is 5. The average Bonchev–Trinajstić information content (AvgIpc) is 3.69. The second-order valence-corrected chi connectivity index (χ2v) is 13.0. The fraction of sp³-hybridized carbons (Fsp3) is 0.306. The van der Waals surface area contributed by atoms with Gasteiger partial charge in [0, 0.05) is 79.5 Å². The third kappa shape index (κ3) is 6.39. The van der Waals surface area contributed by atoms with E-state index in [1.54, 1.807) is 23.9 Å². The minimum atomic E-state index is -0.347. The van der Waals surface area contributed by atoms with E-state index < -0.39 is 0 Å². The van der Waals surface area contributed by atoms with Crippen molar-refractivity contribution in [1.29, 1.82) is 0 Å². The second-order valence-electron chi connectivity index (χ2n) is 12.3. The summed E-state index contributed by atoms with van der Waals surface area (Å²) in [5, 5.41) is 20.8. The number of aliphatic hydroxyl groups is 2. The Balaban J connectivity index is 1.18. The van der Waals surface area contributed by atoms with Crippen LogP contribution in [0.15, 0.2) is 77.9 Å². The predicted molar refractivity (Wildman–Crippen MR) is 184 cm³/mol. The van der Waals surface area contributed by atoms with Crippen LogP contribution >= 0.6 is 23.2 Å². The predicted octanol–water partition coefficient (Wildman–Crippen LogP) is 5.54. The summed E-state index contributed by atoms with van der Waals surface area (Å²) in [6, 6.07) is 19.3. The molecule has 0 bridgehead atoms. The van der Waals surface area contributed by atoms with Gasteiger partial charge in [0.2, 0.25) is 5.88 Å². The smallest absolute Gasteiger partial charge is 0.262 e. The Labute approximate surface area is 282 Å². The van der Waals surface area contributed by atoms with Crippen LogP contribution in [-0.4, -0.2) is 79.9 Å². The topological polar surface area (TPSA) is 103 Å². The molecule has 2 aromatic carbocycles.